The Morgan fingerprint density at radius 3 is 2.43 bits per heavy atom. The van der Waals surface area contributed by atoms with Crippen molar-refractivity contribution in [3.8, 4) is 0 Å². The molecule has 118 valence electrons. The van der Waals surface area contributed by atoms with E-state index in [1.54, 1.807) is 6.92 Å². The molecule has 1 saturated heterocycles. The number of likely N-dealkylation sites (tertiary alicyclic amines) is 1. The van der Waals surface area contributed by atoms with Gasteiger partial charge in [-0.2, -0.15) is 4.31 Å². The predicted octanol–water partition coefficient (Wildman–Crippen LogP) is 1.16. The van der Waals surface area contributed by atoms with E-state index in [2.05, 4.69) is 0 Å². The van der Waals surface area contributed by atoms with Gasteiger partial charge in [0.15, 0.2) is 0 Å². The average molecular weight is 312 g/mol. The van der Waals surface area contributed by atoms with E-state index in [-0.39, 0.29) is 23.5 Å². The Labute approximate surface area is 129 Å². The Morgan fingerprint density at radius 1 is 1.24 bits per heavy atom. The van der Waals surface area contributed by atoms with Crippen LogP contribution < -0.4 is 0 Å². The van der Waals surface area contributed by atoms with Gasteiger partial charge in [-0.1, -0.05) is 18.7 Å². The third-order valence-electron chi connectivity index (χ3n) is 4.87. The van der Waals surface area contributed by atoms with Gasteiger partial charge in [0.25, 0.3) is 0 Å². The van der Waals surface area contributed by atoms with Gasteiger partial charge in [0.05, 0.1) is 13.6 Å². The smallest absolute Gasteiger partial charge is 0.241 e. The molecule has 0 aromatic carbocycles. The van der Waals surface area contributed by atoms with Crippen molar-refractivity contribution in [2.75, 3.05) is 19.3 Å². The van der Waals surface area contributed by atoms with Gasteiger partial charge in [0.2, 0.25) is 15.9 Å². The molecule has 2 aliphatic rings. The van der Waals surface area contributed by atoms with Crippen LogP contribution in [0.5, 0.6) is 0 Å². The minimum Gasteiger partial charge on any atom is -0.338 e. The maximum Gasteiger partial charge on any atom is 0.241 e. The van der Waals surface area contributed by atoms with Crippen LogP contribution in [0, 0.1) is 0 Å². The molecule has 0 spiro atoms. The van der Waals surface area contributed by atoms with E-state index in [0.717, 1.165) is 38.6 Å². The molecule has 1 aliphatic carbocycles. The normalized spacial score (nSPS) is 31.7. The zero-order valence-electron chi connectivity index (χ0n) is 13.0. The second-order valence-corrected chi connectivity index (χ2v) is 8.49. The molecule has 0 aromatic rings. The average Bonchev–Trinajstić information content (AvgIpc) is 2.48. The molecular formula is C14H25BN2O3S. The van der Waals surface area contributed by atoms with E-state index >= 15 is 0 Å². The lowest BCUT2D eigenvalue weighted by Crippen LogP contribution is -2.56. The lowest BCUT2D eigenvalue weighted by atomic mass is 9.73. The number of likely N-dealkylation sites (N-methyl/N-ethyl adjacent to an activating group) is 1. The largest absolute Gasteiger partial charge is 0.338 e. The first-order valence-electron chi connectivity index (χ1n) is 7.88. The number of carbonyl (C=O) groups is 1. The van der Waals surface area contributed by atoms with Crippen LogP contribution in [0.3, 0.4) is 0 Å². The van der Waals surface area contributed by atoms with Crippen LogP contribution in [0.1, 0.15) is 45.4 Å². The summed E-state index contributed by atoms with van der Waals surface area (Å²) in [7, 11) is 4.12. The molecule has 2 rings (SSSR count). The van der Waals surface area contributed by atoms with Crippen molar-refractivity contribution in [3.05, 3.63) is 0 Å². The van der Waals surface area contributed by atoms with Gasteiger partial charge in [-0.25, -0.2) is 8.42 Å². The van der Waals surface area contributed by atoms with Crippen LogP contribution in [-0.2, 0) is 14.8 Å². The second-order valence-electron chi connectivity index (χ2n) is 6.18. The summed E-state index contributed by atoms with van der Waals surface area (Å²) in [5.41, 5.74) is 0. The summed E-state index contributed by atoms with van der Waals surface area (Å²) in [6.45, 7) is 2.36. The lowest BCUT2D eigenvalue weighted by molar-refractivity contribution is -0.141. The Hall–Kier alpha value is -0.555. The zero-order valence-corrected chi connectivity index (χ0v) is 13.8. The first-order valence-corrected chi connectivity index (χ1v) is 9.49. The number of amides is 1. The minimum atomic E-state index is -3.33. The molecule has 2 radical (unpaired) electrons. The number of carbonyl (C=O) groups excluding carboxylic acids is 1. The van der Waals surface area contributed by atoms with Gasteiger partial charge in [-0.05, 0) is 32.6 Å². The quantitative estimate of drug-likeness (QED) is 0.732. The lowest BCUT2D eigenvalue weighted by Gasteiger charge is -2.42. The van der Waals surface area contributed by atoms with Crippen molar-refractivity contribution < 1.29 is 13.2 Å². The third-order valence-corrected chi connectivity index (χ3v) is 6.73. The molecule has 1 amide bonds. The van der Waals surface area contributed by atoms with E-state index < -0.39 is 16.1 Å². The second kappa shape index (κ2) is 6.69. The molecule has 5 nitrogen and oxygen atoms in total. The fourth-order valence-corrected chi connectivity index (χ4v) is 4.38. The Morgan fingerprint density at radius 2 is 1.86 bits per heavy atom. The molecule has 2 fully saturated rings. The molecule has 7 heteroatoms. The Bertz CT molecular complexity index is 475. The summed E-state index contributed by atoms with van der Waals surface area (Å²) in [5, 5.41) is 0. The van der Waals surface area contributed by atoms with E-state index in [0.29, 0.717) is 6.42 Å². The van der Waals surface area contributed by atoms with Gasteiger partial charge < -0.3 is 4.90 Å². The molecule has 1 unspecified atom stereocenters. The van der Waals surface area contributed by atoms with Crippen LogP contribution in [0.15, 0.2) is 0 Å². The first-order chi connectivity index (χ1) is 9.86. The van der Waals surface area contributed by atoms with Crippen LogP contribution in [-0.4, -0.2) is 62.8 Å². The zero-order chi connectivity index (χ0) is 15.6. The minimum absolute atomic E-state index is 0.0266. The number of hydrogen-bond donors (Lipinski definition) is 0. The summed E-state index contributed by atoms with van der Waals surface area (Å²) in [5.74, 6) is 0.257. The van der Waals surface area contributed by atoms with Gasteiger partial charge in [0.1, 0.15) is 6.04 Å². The monoisotopic (exact) mass is 312 g/mol. The van der Waals surface area contributed by atoms with Crippen molar-refractivity contribution in [2.45, 2.75) is 63.3 Å². The number of sulfonamides is 1. The number of hydrogen-bond acceptors (Lipinski definition) is 3. The van der Waals surface area contributed by atoms with E-state index in [4.69, 9.17) is 7.85 Å². The first kappa shape index (κ1) is 16.8. The highest BCUT2D eigenvalue weighted by atomic mass is 32.2. The summed E-state index contributed by atoms with van der Waals surface area (Å²) in [6, 6.07) is -0.294. The van der Waals surface area contributed by atoms with E-state index in [1.807, 2.05) is 4.90 Å². The summed E-state index contributed by atoms with van der Waals surface area (Å²) >= 11 is 0. The van der Waals surface area contributed by atoms with Crippen LogP contribution in [0.2, 0.25) is 5.82 Å². The number of nitrogens with zero attached hydrogens (tertiary/aromatic N) is 2. The molecular weight excluding hydrogens is 287 g/mol. The van der Waals surface area contributed by atoms with Crippen molar-refractivity contribution in [2.24, 2.45) is 0 Å². The van der Waals surface area contributed by atoms with Crippen molar-refractivity contribution in [1.82, 2.24) is 9.21 Å². The van der Waals surface area contributed by atoms with Gasteiger partial charge in [0, 0.05) is 19.6 Å². The number of rotatable bonds is 4. The Kier molecular flexibility index (Phi) is 5.36. The van der Waals surface area contributed by atoms with Gasteiger partial charge in [-0.3, -0.25) is 4.79 Å². The van der Waals surface area contributed by atoms with Crippen LogP contribution in [0.25, 0.3) is 0 Å². The Balaban J connectivity index is 2.08. The van der Waals surface area contributed by atoms with Crippen LogP contribution in [0.4, 0.5) is 0 Å². The highest BCUT2D eigenvalue weighted by Crippen LogP contribution is 2.32. The molecule has 1 heterocycles. The fraction of sp³-hybridized carbons (Fsp3) is 0.929. The third kappa shape index (κ3) is 3.62. The van der Waals surface area contributed by atoms with Crippen molar-refractivity contribution >= 4 is 23.8 Å². The number of piperidine rings is 1. The van der Waals surface area contributed by atoms with E-state index in [9.17, 15) is 13.2 Å². The molecule has 1 saturated carbocycles. The maximum atomic E-state index is 12.7. The van der Waals surface area contributed by atoms with Crippen LogP contribution >= 0.6 is 0 Å². The molecule has 0 bridgehead atoms. The molecule has 0 aromatic heterocycles. The van der Waals surface area contributed by atoms with Gasteiger partial charge in [-0.15, -0.1) is 0 Å². The topological polar surface area (TPSA) is 57.7 Å². The summed E-state index contributed by atoms with van der Waals surface area (Å²) in [4.78, 5) is 14.6. The standard InChI is InChI=1S/C14H25BN2O3S/c1-3-21(19,20)16(2)13-5-4-10-17(14(13)18)12-8-6-11(15)7-9-12/h11-13H,3-10H2,1-2H3. The summed E-state index contributed by atoms with van der Waals surface area (Å²) < 4.78 is 25.3. The molecule has 0 N–H and O–H groups in total. The molecule has 21 heavy (non-hydrogen) atoms. The highest BCUT2D eigenvalue weighted by molar-refractivity contribution is 7.89. The fourth-order valence-electron chi connectivity index (χ4n) is 3.39. The van der Waals surface area contributed by atoms with E-state index in [1.165, 1.54) is 11.4 Å². The predicted molar refractivity (Wildman–Crippen MR) is 83.7 cm³/mol. The molecule has 1 atom stereocenters. The molecule has 1 aliphatic heterocycles. The SMILES string of the molecule is [B]C1CCC(N2CCCC(N(C)S(=O)(=O)CC)C2=O)CC1. The van der Waals surface area contributed by atoms with Crippen molar-refractivity contribution in [3.63, 3.8) is 0 Å². The van der Waals surface area contributed by atoms with Crippen molar-refractivity contribution in [1.29, 1.82) is 0 Å². The summed E-state index contributed by atoms with van der Waals surface area (Å²) in [6.07, 6.45) is 5.25. The maximum absolute atomic E-state index is 12.7. The van der Waals surface area contributed by atoms with Gasteiger partial charge >= 0.3 is 0 Å². The highest BCUT2D eigenvalue weighted by Gasteiger charge is 2.39.